The van der Waals surface area contributed by atoms with E-state index in [0.29, 0.717) is 12.8 Å². The predicted molar refractivity (Wildman–Crippen MR) is 337 cm³/mol. The molecule has 2 heterocycles. The van der Waals surface area contributed by atoms with Gasteiger partial charge in [0.2, 0.25) is 5.91 Å². The zero-order chi connectivity index (χ0) is 60.2. The lowest BCUT2D eigenvalue weighted by molar-refractivity contribution is -0.359. The number of aliphatic hydroxyl groups is 8. The topological polar surface area (TPSA) is 228 Å². The summed E-state index contributed by atoms with van der Waals surface area (Å²) in [6.45, 7) is 2.79. The second kappa shape index (κ2) is 53.9. The van der Waals surface area contributed by atoms with Crippen molar-refractivity contribution < 1.29 is 64.6 Å². The quantitative estimate of drug-likeness (QED) is 0.0204. The van der Waals surface area contributed by atoms with Crippen molar-refractivity contribution in [1.82, 2.24) is 5.32 Å². The van der Waals surface area contributed by atoms with Crippen LogP contribution in [0.15, 0.2) is 60.8 Å². The van der Waals surface area contributed by atoms with E-state index >= 15 is 0 Å². The van der Waals surface area contributed by atoms with Gasteiger partial charge >= 0.3 is 0 Å². The monoisotopic (exact) mass is 1180 g/mol. The minimum absolute atomic E-state index is 0.252. The SMILES string of the molecule is CCCCCCC/C=C\C/C=C\C/C=C\CCCCCCCCCCCCC(=O)NC(COC1OC(CO)C(OC2OC(CO)C(O)C(O)C2O)C(O)C1O)C(O)/C=C/CC/C=C/CCCCCCCCCCCCCCCCCCCC. The van der Waals surface area contributed by atoms with E-state index in [9.17, 15) is 45.6 Å². The van der Waals surface area contributed by atoms with Crippen molar-refractivity contribution in [3.8, 4) is 0 Å². The third-order valence-corrected chi connectivity index (χ3v) is 16.4. The molecule has 83 heavy (non-hydrogen) atoms. The molecule has 0 aliphatic carbocycles. The van der Waals surface area contributed by atoms with Crippen molar-refractivity contribution >= 4 is 5.91 Å². The van der Waals surface area contributed by atoms with E-state index in [-0.39, 0.29) is 18.9 Å². The average molecular weight is 1180 g/mol. The zero-order valence-electron chi connectivity index (χ0n) is 52.4. The third-order valence-electron chi connectivity index (χ3n) is 16.4. The molecule has 1 amide bonds. The first-order chi connectivity index (χ1) is 40.6. The predicted octanol–water partition coefficient (Wildman–Crippen LogP) is 13.3. The molecule has 2 fully saturated rings. The molecule has 0 radical (unpaired) electrons. The van der Waals surface area contributed by atoms with Crippen LogP contribution in [0.1, 0.15) is 277 Å². The largest absolute Gasteiger partial charge is 0.394 e. The normalized spacial score (nSPS) is 24.2. The standard InChI is InChI=1S/C69H125NO13/c1-3-5-7-9-11-13-15-17-19-21-23-25-27-29-31-33-35-37-39-41-43-45-47-49-51-53-61(74)70-57(56-80-68-66(79)64(77)67(60(55-72)82-68)83-69-65(78)63(76)62(75)59(54-71)81-69)58(73)52-50-48-46-44-42-40-38-36-34-32-30-28-26-24-22-20-18-16-14-12-10-8-6-4-2/h15,17,21,23,27,29,42,44,50,52,57-60,62-69,71-73,75-79H,3-14,16,18-20,22,24-26,28,30-41,43,45-49,51,53-56H2,1-2H3,(H,70,74)/b17-15-,23-21-,29-27-,44-42+,52-50+. The van der Waals surface area contributed by atoms with Crippen molar-refractivity contribution in [2.45, 2.75) is 351 Å². The number of amides is 1. The fourth-order valence-corrected chi connectivity index (χ4v) is 11.0. The Hall–Kier alpha value is -2.31. The number of rotatable bonds is 55. The highest BCUT2D eigenvalue weighted by molar-refractivity contribution is 5.76. The highest BCUT2D eigenvalue weighted by Gasteiger charge is 2.51. The Labute approximate surface area is 505 Å². The van der Waals surface area contributed by atoms with Gasteiger partial charge in [0.25, 0.3) is 0 Å². The Morgan fingerprint density at radius 1 is 0.434 bits per heavy atom. The Morgan fingerprint density at radius 3 is 1.27 bits per heavy atom. The van der Waals surface area contributed by atoms with Gasteiger partial charge in [-0.25, -0.2) is 0 Å². The summed E-state index contributed by atoms with van der Waals surface area (Å²) < 4.78 is 22.8. The Kier molecular flexibility index (Phi) is 49.9. The van der Waals surface area contributed by atoms with Crippen LogP contribution in [0.25, 0.3) is 0 Å². The lowest BCUT2D eigenvalue weighted by atomic mass is 9.97. The number of carbonyl (C=O) groups excluding carboxylic acids is 1. The summed E-state index contributed by atoms with van der Waals surface area (Å²) in [5.41, 5.74) is 0. The number of unbranched alkanes of at least 4 members (excludes halogenated alkanes) is 34. The van der Waals surface area contributed by atoms with E-state index in [1.54, 1.807) is 6.08 Å². The van der Waals surface area contributed by atoms with E-state index in [0.717, 1.165) is 51.4 Å². The van der Waals surface area contributed by atoms with Crippen LogP contribution in [-0.4, -0.2) is 140 Å². The van der Waals surface area contributed by atoms with Gasteiger partial charge in [-0.05, 0) is 70.6 Å². The van der Waals surface area contributed by atoms with E-state index in [4.69, 9.17) is 18.9 Å². The van der Waals surface area contributed by atoms with E-state index in [2.05, 4.69) is 67.8 Å². The number of aliphatic hydroxyl groups excluding tert-OH is 8. The molecule has 12 unspecified atom stereocenters. The fourth-order valence-electron chi connectivity index (χ4n) is 11.0. The third kappa shape index (κ3) is 38.6. The Morgan fingerprint density at radius 2 is 0.807 bits per heavy atom. The van der Waals surface area contributed by atoms with Crippen molar-refractivity contribution in [1.29, 1.82) is 0 Å². The van der Waals surface area contributed by atoms with Gasteiger partial charge in [0.05, 0.1) is 32.0 Å². The summed E-state index contributed by atoms with van der Waals surface area (Å²) >= 11 is 0. The van der Waals surface area contributed by atoms with E-state index in [1.807, 2.05) is 6.08 Å². The molecule has 0 bridgehead atoms. The minimum Gasteiger partial charge on any atom is -0.394 e. The van der Waals surface area contributed by atoms with Crippen molar-refractivity contribution in [2.24, 2.45) is 0 Å². The molecule has 0 aromatic heterocycles. The number of hydrogen-bond acceptors (Lipinski definition) is 13. The number of nitrogens with one attached hydrogen (secondary N) is 1. The molecule has 484 valence electrons. The molecule has 2 aliphatic rings. The summed E-state index contributed by atoms with van der Waals surface area (Å²) in [5, 5.41) is 87.3. The summed E-state index contributed by atoms with van der Waals surface area (Å²) in [6, 6.07) is -0.937. The molecule has 9 N–H and O–H groups in total. The number of allylic oxidation sites excluding steroid dienone is 9. The van der Waals surface area contributed by atoms with Crippen LogP contribution in [0.4, 0.5) is 0 Å². The molecule has 0 aromatic carbocycles. The molecule has 0 spiro atoms. The second-order valence-electron chi connectivity index (χ2n) is 23.9. The molecule has 2 saturated heterocycles. The Bertz CT molecular complexity index is 1620. The summed E-state index contributed by atoms with van der Waals surface area (Å²) in [7, 11) is 0. The summed E-state index contributed by atoms with van der Waals surface area (Å²) in [5.74, 6) is -0.252. The van der Waals surface area contributed by atoms with Crippen LogP contribution in [0.2, 0.25) is 0 Å². The van der Waals surface area contributed by atoms with Gasteiger partial charge in [-0.2, -0.15) is 0 Å². The molecule has 14 heteroatoms. The van der Waals surface area contributed by atoms with Crippen molar-refractivity contribution in [2.75, 3.05) is 19.8 Å². The molecule has 0 saturated carbocycles. The van der Waals surface area contributed by atoms with Crippen LogP contribution in [0.3, 0.4) is 0 Å². The molecular formula is C69H125NO13. The van der Waals surface area contributed by atoms with Gasteiger partial charge in [-0.15, -0.1) is 0 Å². The summed E-state index contributed by atoms with van der Waals surface area (Å²) in [6.07, 6.45) is 54.1. The first-order valence-electron chi connectivity index (χ1n) is 34.0. The molecule has 2 aliphatic heterocycles. The second-order valence-corrected chi connectivity index (χ2v) is 23.9. The van der Waals surface area contributed by atoms with Crippen LogP contribution in [-0.2, 0) is 23.7 Å². The highest BCUT2D eigenvalue weighted by atomic mass is 16.7. The smallest absolute Gasteiger partial charge is 0.220 e. The van der Waals surface area contributed by atoms with Crippen molar-refractivity contribution in [3.05, 3.63) is 60.8 Å². The van der Waals surface area contributed by atoms with Gasteiger partial charge in [-0.3, -0.25) is 4.79 Å². The van der Waals surface area contributed by atoms with Gasteiger partial charge in [0.15, 0.2) is 12.6 Å². The van der Waals surface area contributed by atoms with Crippen LogP contribution < -0.4 is 5.32 Å². The molecule has 0 aromatic rings. The molecule has 14 nitrogen and oxygen atoms in total. The lowest BCUT2D eigenvalue weighted by Gasteiger charge is -2.46. The molecular weight excluding hydrogens is 1050 g/mol. The van der Waals surface area contributed by atoms with Crippen LogP contribution >= 0.6 is 0 Å². The maximum absolute atomic E-state index is 13.3. The first kappa shape index (κ1) is 76.8. The van der Waals surface area contributed by atoms with E-state index in [1.165, 1.54) is 193 Å². The number of ether oxygens (including phenoxy) is 4. The minimum atomic E-state index is -1.79. The molecule has 2 rings (SSSR count). The highest BCUT2D eigenvalue weighted by Crippen LogP contribution is 2.30. The maximum atomic E-state index is 13.3. The zero-order valence-corrected chi connectivity index (χ0v) is 52.4. The molecule has 12 atom stereocenters. The van der Waals surface area contributed by atoms with Gasteiger partial charge in [0.1, 0.15) is 48.8 Å². The van der Waals surface area contributed by atoms with Crippen molar-refractivity contribution in [3.63, 3.8) is 0 Å². The van der Waals surface area contributed by atoms with Gasteiger partial charge < -0.3 is 65.1 Å². The Balaban J connectivity index is 1.73. The average Bonchev–Trinajstić information content (AvgIpc) is 3.65. The first-order valence-corrected chi connectivity index (χ1v) is 34.0. The summed E-state index contributed by atoms with van der Waals surface area (Å²) in [4.78, 5) is 13.3. The maximum Gasteiger partial charge on any atom is 0.220 e. The number of carbonyl (C=O) groups is 1. The van der Waals surface area contributed by atoms with Gasteiger partial charge in [-0.1, -0.05) is 261 Å². The van der Waals surface area contributed by atoms with Crippen LogP contribution in [0, 0.1) is 0 Å². The fraction of sp³-hybridized carbons (Fsp3) is 0.841. The van der Waals surface area contributed by atoms with Gasteiger partial charge in [0, 0.05) is 6.42 Å². The lowest BCUT2D eigenvalue weighted by Crippen LogP contribution is -2.65. The van der Waals surface area contributed by atoms with E-state index < -0.39 is 86.8 Å². The van der Waals surface area contributed by atoms with Crippen LogP contribution in [0.5, 0.6) is 0 Å². The number of hydrogen-bond donors (Lipinski definition) is 9.